The molecule has 106 valence electrons. The van der Waals surface area contributed by atoms with Crippen LogP contribution in [-0.2, 0) is 18.2 Å². The Morgan fingerprint density at radius 2 is 1.68 bits per heavy atom. The minimum Gasteiger partial charge on any atom is -0.346 e. The van der Waals surface area contributed by atoms with Crippen molar-refractivity contribution >= 4 is 39.4 Å². The van der Waals surface area contributed by atoms with E-state index in [4.69, 9.17) is 22.0 Å². The summed E-state index contributed by atoms with van der Waals surface area (Å²) in [5.74, 6) is 0. The van der Waals surface area contributed by atoms with Gasteiger partial charge in [0, 0.05) is 5.69 Å². The van der Waals surface area contributed by atoms with Gasteiger partial charge in [0.15, 0.2) is 0 Å². The molecule has 0 fully saturated rings. The maximum Gasteiger partial charge on any atom is 0.319 e. The molecule has 0 saturated heterocycles. The molecule has 0 aliphatic heterocycles. The Morgan fingerprint density at radius 1 is 1.21 bits per heavy atom. The Labute approximate surface area is 116 Å². The van der Waals surface area contributed by atoms with Crippen molar-refractivity contribution < 1.29 is 28.0 Å². The zero-order valence-electron chi connectivity index (χ0n) is 9.82. The highest BCUT2D eigenvalue weighted by atomic mass is 32.1. The van der Waals surface area contributed by atoms with Crippen LogP contribution in [-0.4, -0.2) is 21.1 Å². The molecule has 0 spiro atoms. The van der Waals surface area contributed by atoms with E-state index >= 15 is 0 Å². The van der Waals surface area contributed by atoms with Gasteiger partial charge in [0.1, 0.15) is 4.99 Å². The summed E-state index contributed by atoms with van der Waals surface area (Å²) in [6, 6.07) is 7.10. The number of nitrogens with one attached hydrogen (secondary N) is 1. The molecule has 0 aliphatic rings. The Kier molecular flexibility index (Phi) is 6.82. The first-order valence-corrected chi connectivity index (χ1v) is 7.98. The molecule has 10 heteroatoms. The number of anilines is 1. The van der Waals surface area contributed by atoms with Crippen LogP contribution in [0.1, 0.15) is 5.56 Å². The minimum absolute atomic E-state index is 0.122. The predicted molar refractivity (Wildman–Crippen MR) is 75.8 cm³/mol. The summed E-state index contributed by atoms with van der Waals surface area (Å²) in [6.45, 7) is 1.91. The first-order valence-electron chi connectivity index (χ1n) is 5.05. The van der Waals surface area contributed by atoms with Crippen LogP contribution in [0.2, 0.25) is 0 Å². The molecule has 0 radical (unpaired) electrons. The monoisotopic (exact) mass is 325 g/mol. The number of hydrogen-bond donors (Lipinski definition) is 3. The number of hydrogen-bond acceptors (Lipinski definition) is 5. The Bertz CT molecular complexity index is 478. The summed E-state index contributed by atoms with van der Waals surface area (Å²) < 4.78 is 30.2. The second-order valence-electron chi connectivity index (χ2n) is 3.45. The normalized spacial score (nSPS) is 15.5. The van der Waals surface area contributed by atoms with E-state index in [1.54, 1.807) is 12.1 Å². The molecule has 1 aromatic rings. The zero-order chi connectivity index (χ0) is 14.4. The lowest BCUT2D eigenvalue weighted by Gasteiger charge is -2.17. The van der Waals surface area contributed by atoms with Gasteiger partial charge in [-0.1, -0.05) is 29.9 Å². The second-order valence-corrected chi connectivity index (χ2v) is 5.43. The van der Waals surface area contributed by atoms with E-state index in [-0.39, 0.29) is 4.99 Å². The first kappa shape index (κ1) is 16.5. The van der Waals surface area contributed by atoms with E-state index in [1.807, 2.05) is 19.1 Å². The van der Waals surface area contributed by atoms with Crippen molar-refractivity contribution in [3.63, 3.8) is 0 Å². The SMILES string of the molecule is Cc1ccc(NC(=S)C(O[PH](=O)O)O[PH](=O)O)cc1. The zero-order valence-corrected chi connectivity index (χ0v) is 12.6. The highest BCUT2D eigenvalue weighted by molar-refractivity contribution is 7.80. The van der Waals surface area contributed by atoms with Crippen LogP contribution in [0.3, 0.4) is 0 Å². The largest absolute Gasteiger partial charge is 0.346 e. The smallest absolute Gasteiger partial charge is 0.319 e. The average molecular weight is 325 g/mol. The molecule has 7 nitrogen and oxygen atoms in total. The van der Waals surface area contributed by atoms with E-state index in [1.165, 1.54) is 0 Å². The molecule has 0 bridgehead atoms. The van der Waals surface area contributed by atoms with Gasteiger partial charge >= 0.3 is 16.5 Å². The van der Waals surface area contributed by atoms with E-state index in [0.29, 0.717) is 5.69 Å². The fourth-order valence-electron chi connectivity index (χ4n) is 1.15. The van der Waals surface area contributed by atoms with Crippen LogP contribution in [0.4, 0.5) is 5.69 Å². The maximum absolute atomic E-state index is 10.6. The molecule has 3 N–H and O–H groups in total. The summed E-state index contributed by atoms with van der Waals surface area (Å²) in [7, 11) is -6.71. The molecule has 1 rings (SSSR count). The topological polar surface area (TPSA) is 105 Å². The van der Waals surface area contributed by atoms with E-state index < -0.39 is 22.8 Å². The molecule has 0 aliphatic carbocycles. The third kappa shape index (κ3) is 6.40. The summed E-state index contributed by atoms with van der Waals surface area (Å²) >= 11 is 4.90. The molecule has 2 unspecified atom stereocenters. The van der Waals surface area contributed by atoms with E-state index in [0.717, 1.165) is 5.56 Å². The van der Waals surface area contributed by atoms with Crippen molar-refractivity contribution in [2.45, 2.75) is 13.2 Å². The van der Waals surface area contributed by atoms with Crippen molar-refractivity contribution in [1.82, 2.24) is 0 Å². The standard InChI is InChI=1S/C9H13NO6P2S/c1-6-2-4-7(5-3-6)10-8(19)9(15-17(11)12)16-18(13)14/h2-5,9,17-18H,1H3,(H,10,19)(H,11,12)(H,13,14). The number of benzene rings is 1. The number of thiocarbonyl (C=S) groups is 1. The van der Waals surface area contributed by atoms with Gasteiger partial charge < -0.3 is 15.1 Å². The minimum atomic E-state index is -3.36. The van der Waals surface area contributed by atoms with Crippen LogP contribution in [0.25, 0.3) is 0 Å². The van der Waals surface area contributed by atoms with Gasteiger partial charge in [0.05, 0.1) is 0 Å². The fourth-order valence-corrected chi connectivity index (χ4v) is 2.33. The first-order chi connectivity index (χ1) is 8.88. The Morgan fingerprint density at radius 3 is 2.11 bits per heavy atom. The van der Waals surface area contributed by atoms with Crippen LogP contribution >= 0.6 is 28.7 Å². The summed E-state index contributed by atoms with van der Waals surface area (Å²) in [5, 5.41) is 2.69. The Hall–Kier alpha value is -0.590. The van der Waals surface area contributed by atoms with Gasteiger partial charge in [-0.2, -0.15) is 0 Å². The molecule has 0 aromatic heterocycles. The number of aryl methyl sites for hydroxylation is 1. The second kappa shape index (κ2) is 7.87. The van der Waals surface area contributed by atoms with Crippen molar-refractivity contribution in [2.24, 2.45) is 0 Å². The summed E-state index contributed by atoms with van der Waals surface area (Å²) in [6.07, 6.45) is -1.55. The summed E-state index contributed by atoms with van der Waals surface area (Å²) in [4.78, 5) is 17.2. The third-order valence-electron chi connectivity index (χ3n) is 1.95. The van der Waals surface area contributed by atoms with Crippen molar-refractivity contribution in [3.05, 3.63) is 29.8 Å². The highest BCUT2D eigenvalue weighted by Crippen LogP contribution is 2.27. The molecular weight excluding hydrogens is 312 g/mol. The van der Waals surface area contributed by atoms with Gasteiger partial charge in [0.2, 0.25) is 6.29 Å². The molecule has 0 amide bonds. The maximum atomic E-state index is 10.6. The molecule has 0 saturated carbocycles. The van der Waals surface area contributed by atoms with Gasteiger partial charge in [-0.3, -0.25) is 18.2 Å². The molecule has 0 heterocycles. The fraction of sp³-hybridized carbons (Fsp3) is 0.222. The highest BCUT2D eigenvalue weighted by Gasteiger charge is 2.20. The lowest BCUT2D eigenvalue weighted by atomic mass is 10.2. The predicted octanol–water partition coefficient (Wildman–Crippen LogP) is 1.86. The quantitative estimate of drug-likeness (QED) is 0.413. The van der Waals surface area contributed by atoms with Gasteiger partial charge in [0.25, 0.3) is 0 Å². The Balaban J connectivity index is 2.73. The average Bonchev–Trinajstić information content (AvgIpc) is 2.30. The van der Waals surface area contributed by atoms with Gasteiger partial charge in [-0.15, -0.1) is 0 Å². The van der Waals surface area contributed by atoms with Crippen LogP contribution in [0.5, 0.6) is 0 Å². The third-order valence-corrected chi connectivity index (χ3v) is 3.07. The van der Waals surface area contributed by atoms with Crippen LogP contribution in [0.15, 0.2) is 24.3 Å². The lowest BCUT2D eigenvalue weighted by Crippen LogP contribution is -2.28. The van der Waals surface area contributed by atoms with Crippen LogP contribution < -0.4 is 5.32 Å². The van der Waals surface area contributed by atoms with Crippen molar-refractivity contribution in [3.8, 4) is 0 Å². The van der Waals surface area contributed by atoms with Gasteiger partial charge in [-0.25, -0.2) is 0 Å². The number of rotatable bonds is 6. The molecule has 1 aromatic carbocycles. The van der Waals surface area contributed by atoms with Crippen LogP contribution in [0, 0.1) is 6.92 Å². The molecule has 2 atom stereocenters. The van der Waals surface area contributed by atoms with Crippen molar-refractivity contribution in [2.75, 3.05) is 5.32 Å². The summed E-state index contributed by atoms with van der Waals surface area (Å²) in [5.41, 5.74) is 1.64. The van der Waals surface area contributed by atoms with Crippen molar-refractivity contribution in [1.29, 1.82) is 0 Å². The molecular formula is C9H13NO6P2S. The van der Waals surface area contributed by atoms with Gasteiger partial charge in [-0.05, 0) is 19.1 Å². The van der Waals surface area contributed by atoms with E-state index in [9.17, 15) is 9.13 Å². The molecule has 19 heavy (non-hydrogen) atoms. The van der Waals surface area contributed by atoms with E-state index in [2.05, 4.69) is 14.4 Å². The lowest BCUT2D eigenvalue weighted by molar-refractivity contribution is 0.0604.